The van der Waals surface area contributed by atoms with Gasteiger partial charge in [0, 0.05) is 12.6 Å². The fourth-order valence-electron chi connectivity index (χ4n) is 3.96. The molecule has 6 nitrogen and oxygen atoms in total. The lowest BCUT2D eigenvalue weighted by atomic mass is 9.95. The summed E-state index contributed by atoms with van der Waals surface area (Å²) in [5.41, 5.74) is 2.02. The maximum absolute atomic E-state index is 9.82. The Labute approximate surface area is 192 Å². The summed E-state index contributed by atoms with van der Waals surface area (Å²) in [5, 5.41) is 18.8. The van der Waals surface area contributed by atoms with Gasteiger partial charge in [0.15, 0.2) is 23.0 Å². The molecule has 174 valence electrons. The Morgan fingerprint density at radius 3 is 2.25 bits per heavy atom. The molecule has 0 bridgehead atoms. The van der Waals surface area contributed by atoms with Crippen LogP contribution in [0.5, 0.6) is 23.0 Å². The van der Waals surface area contributed by atoms with Crippen molar-refractivity contribution >= 4 is 0 Å². The largest absolute Gasteiger partial charge is 0.504 e. The van der Waals surface area contributed by atoms with Crippen molar-refractivity contribution < 1.29 is 19.3 Å². The molecule has 0 saturated carbocycles. The maximum atomic E-state index is 9.82. The van der Waals surface area contributed by atoms with Crippen LogP contribution in [0.3, 0.4) is 0 Å². The Hall–Kier alpha value is -2.91. The standard InChI is InChI=1S/C26H36N2O4/c1-7-21(28(4)15-13-20-8-10-22(29)24(16-20)30-5)26(18(2)3)32-23-11-9-19(12-14-27)17-25(23)31-6/h8-11,16-18,21,26,29H,7,12-13,15H2,1-6H3. The second kappa shape index (κ2) is 12.2. The number of hydrogen-bond donors (Lipinski definition) is 1. The SMILES string of the molecule is CCC(C(Oc1ccc(CC#N)cc1OC)C(C)C)N(C)CCc1ccc(O)c(OC)c1. The molecule has 2 atom stereocenters. The number of aromatic hydroxyl groups is 1. The Bertz CT molecular complexity index is 907. The molecule has 0 aliphatic heterocycles. The van der Waals surface area contributed by atoms with Crippen LogP contribution in [0.1, 0.15) is 38.3 Å². The van der Waals surface area contributed by atoms with E-state index in [0.29, 0.717) is 29.6 Å². The van der Waals surface area contributed by atoms with Gasteiger partial charge in [0.1, 0.15) is 6.10 Å². The first-order valence-corrected chi connectivity index (χ1v) is 11.1. The first-order valence-electron chi connectivity index (χ1n) is 11.1. The summed E-state index contributed by atoms with van der Waals surface area (Å²) in [7, 11) is 5.31. The Morgan fingerprint density at radius 1 is 1.00 bits per heavy atom. The Balaban J connectivity index is 2.15. The van der Waals surface area contributed by atoms with E-state index in [9.17, 15) is 5.11 Å². The van der Waals surface area contributed by atoms with Gasteiger partial charge in [0.25, 0.3) is 0 Å². The van der Waals surface area contributed by atoms with Gasteiger partial charge in [-0.1, -0.05) is 32.9 Å². The van der Waals surface area contributed by atoms with Crippen LogP contribution < -0.4 is 14.2 Å². The summed E-state index contributed by atoms with van der Waals surface area (Å²) in [5.74, 6) is 2.28. The molecular weight excluding hydrogens is 404 g/mol. The van der Waals surface area contributed by atoms with Crippen molar-refractivity contribution in [3.05, 3.63) is 47.5 Å². The van der Waals surface area contributed by atoms with Gasteiger partial charge >= 0.3 is 0 Å². The molecule has 0 amide bonds. The van der Waals surface area contributed by atoms with Gasteiger partial charge in [0.05, 0.1) is 26.7 Å². The smallest absolute Gasteiger partial charge is 0.161 e. The topological polar surface area (TPSA) is 75.0 Å². The lowest BCUT2D eigenvalue weighted by Gasteiger charge is -2.36. The number of methoxy groups -OCH3 is 2. The fraction of sp³-hybridized carbons (Fsp3) is 0.500. The average molecular weight is 441 g/mol. The van der Waals surface area contributed by atoms with Gasteiger partial charge in [-0.15, -0.1) is 0 Å². The van der Waals surface area contributed by atoms with Gasteiger partial charge < -0.3 is 19.3 Å². The summed E-state index contributed by atoms with van der Waals surface area (Å²) in [4.78, 5) is 2.33. The van der Waals surface area contributed by atoms with Crippen LogP contribution in [0.25, 0.3) is 0 Å². The van der Waals surface area contributed by atoms with E-state index in [4.69, 9.17) is 19.5 Å². The summed E-state index contributed by atoms with van der Waals surface area (Å²) in [6.07, 6.45) is 2.08. The van der Waals surface area contributed by atoms with Gasteiger partial charge in [-0.3, -0.25) is 4.90 Å². The molecule has 0 heterocycles. The molecule has 6 heteroatoms. The van der Waals surface area contributed by atoms with Gasteiger partial charge in [0.2, 0.25) is 0 Å². The van der Waals surface area contributed by atoms with E-state index >= 15 is 0 Å². The minimum absolute atomic E-state index is 0.0323. The minimum Gasteiger partial charge on any atom is -0.504 e. The van der Waals surface area contributed by atoms with Crippen LogP contribution in [0, 0.1) is 17.2 Å². The van der Waals surface area contributed by atoms with Crippen molar-refractivity contribution in [2.75, 3.05) is 27.8 Å². The van der Waals surface area contributed by atoms with Crippen LogP contribution in [0.2, 0.25) is 0 Å². The molecule has 1 N–H and O–H groups in total. The number of nitrogens with zero attached hydrogens (tertiary/aromatic N) is 2. The molecule has 0 spiro atoms. The quantitative estimate of drug-likeness (QED) is 0.509. The number of nitriles is 1. The number of benzene rings is 2. The van der Waals surface area contributed by atoms with Crippen LogP contribution in [0.4, 0.5) is 0 Å². The van der Waals surface area contributed by atoms with E-state index < -0.39 is 0 Å². The van der Waals surface area contributed by atoms with Crippen molar-refractivity contribution in [1.82, 2.24) is 4.90 Å². The van der Waals surface area contributed by atoms with Crippen molar-refractivity contribution in [2.45, 2.75) is 52.2 Å². The lowest BCUT2D eigenvalue weighted by molar-refractivity contribution is 0.0462. The summed E-state index contributed by atoms with van der Waals surface area (Å²) in [6.45, 7) is 7.36. The molecule has 2 aromatic carbocycles. The van der Waals surface area contributed by atoms with Crippen molar-refractivity contribution in [3.63, 3.8) is 0 Å². The molecule has 0 saturated heterocycles. The van der Waals surface area contributed by atoms with E-state index in [1.165, 1.54) is 0 Å². The van der Waals surface area contributed by atoms with E-state index in [1.54, 1.807) is 20.3 Å². The molecule has 0 radical (unpaired) electrons. The second-order valence-corrected chi connectivity index (χ2v) is 8.36. The molecule has 0 fully saturated rings. The van der Waals surface area contributed by atoms with Crippen LogP contribution in [-0.2, 0) is 12.8 Å². The normalized spacial score (nSPS) is 13.0. The summed E-state index contributed by atoms with van der Waals surface area (Å²) < 4.78 is 17.3. The fourth-order valence-corrected chi connectivity index (χ4v) is 3.96. The summed E-state index contributed by atoms with van der Waals surface area (Å²) >= 11 is 0. The van der Waals surface area contributed by atoms with Crippen molar-refractivity contribution in [3.8, 4) is 29.1 Å². The lowest BCUT2D eigenvalue weighted by Crippen LogP contribution is -2.47. The highest BCUT2D eigenvalue weighted by atomic mass is 16.5. The first kappa shape index (κ1) is 25.4. The Morgan fingerprint density at radius 2 is 1.66 bits per heavy atom. The zero-order chi connectivity index (χ0) is 23.7. The molecule has 32 heavy (non-hydrogen) atoms. The molecule has 2 aromatic rings. The van der Waals surface area contributed by atoms with Gasteiger partial charge in [-0.2, -0.15) is 5.26 Å². The van der Waals surface area contributed by atoms with Gasteiger partial charge in [-0.05, 0) is 61.2 Å². The van der Waals surface area contributed by atoms with Crippen LogP contribution in [-0.4, -0.2) is 50.0 Å². The highest BCUT2D eigenvalue weighted by Crippen LogP contribution is 2.32. The third-order valence-corrected chi connectivity index (χ3v) is 5.79. The monoisotopic (exact) mass is 440 g/mol. The second-order valence-electron chi connectivity index (χ2n) is 8.36. The number of likely N-dealkylation sites (N-methyl/N-ethyl adjacent to an activating group) is 1. The number of hydrogen-bond acceptors (Lipinski definition) is 6. The Kier molecular flexibility index (Phi) is 9.67. The van der Waals surface area contributed by atoms with Crippen LogP contribution in [0.15, 0.2) is 36.4 Å². The highest BCUT2D eigenvalue weighted by molar-refractivity contribution is 5.44. The zero-order valence-corrected chi connectivity index (χ0v) is 20.1. The molecular formula is C26H36N2O4. The molecule has 0 aliphatic carbocycles. The van der Waals surface area contributed by atoms with E-state index in [2.05, 4.69) is 38.8 Å². The number of ether oxygens (including phenoxy) is 3. The predicted octanol–water partition coefficient (Wildman–Crippen LogP) is 4.83. The molecule has 0 aliphatic rings. The summed E-state index contributed by atoms with van der Waals surface area (Å²) in [6, 6.07) is 13.6. The molecule has 0 aromatic heterocycles. The van der Waals surface area contributed by atoms with E-state index in [0.717, 1.165) is 30.5 Å². The first-order chi connectivity index (χ1) is 15.3. The van der Waals surface area contributed by atoms with Gasteiger partial charge in [-0.25, -0.2) is 0 Å². The average Bonchev–Trinajstić information content (AvgIpc) is 2.79. The number of phenolic OH excluding ortho intramolecular Hbond substituents is 1. The maximum Gasteiger partial charge on any atom is 0.161 e. The molecule has 2 unspecified atom stereocenters. The third-order valence-electron chi connectivity index (χ3n) is 5.79. The van der Waals surface area contributed by atoms with E-state index in [-0.39, 0.29) is 17.9 Å². The van der Waals surface area contributed by atoms with E-state index in [1.807, 2.05) is 30.3 Å². The third kappa shape index (κ3) is 6.54. The highest BCUT2D eigenvalue weighted by Gasteiger charge is 2.29. The molecule has 2 rings (SSSR count). The van der Waals surface area contributed by atoms with Crippen molar-refractivity contribution in [2.24, 2.45) is 5.92 Å². The van der Waals surface area contributed by atoms with Crippen LogP contribution >= 0.6 is 0 Å². The van der Waals surface area contributed by atoms with Crippen molar-refractivity contribution in [1.29, 1.82) is 5.26 Å². The number of rotatable bonds is 12. The number of phenols is 1. The zero-order valence-electron chi connectivity index (χ0n) is 20.1. The predicted molar refractivity (Wildman–Crippen MR) is 127 cm³/mol. The minimum atomic E-state index is -0.0323.